The van der Waals surface area contributed by atoms with E-state index in [9.17, 15) is 9.18 Å². The normalized spacial score (nSPS) is 17.5. The third-order valence-electron chi connectivity index (χ3n) is 6.12. The lowest BCUT2D eigenvalue weighted by Crippen LogP contribution is -2.22. The van der Waals surface area contributed by atoms with Crippen molar-refractivity contribution in [2.45, 2.75) is 51.9 Å². The van der Waals surface area contributed by atoms with Crippen LogP contribution in [0.15, 0.2) is 18.6 Å². The summed E-state index contributed by atoms with van der Waals surface area (Å²) in [6, 6.07) is 2.81. The number of hydrogen-bond acceptors (Lipinski definition) is 7. The molecule has 3 aromatic rings. The molecule has 1 saturated carbocycles. The highest BCUT2D eigenvalue weighted by molar-refractivity contribution is 6.76. The number of nitrogens with zero attached hydrogens (tertiary/aromatic N) is 4. The summed E-state index contributed by atoms with van der Waals surface area (Å²) in [5.74, 6) is 0.143. The third-order valence-corrected chi connectivity index (χ3v) is 7.82. The van der Waals surface area contributed by atoms with Crippen molar-refractivity contribution in [3.8, 4) is 23.0 Å². The van der Waals surface area contributed by atoms with E-state index in [2.05, 4.69) is 39.9 Å². The maximum Gasteiger partial charge on any atom is 0.231 e. The molecular weight excluding hydrogens is 469 g/mol. The van der Waals surface area contributed by atoms with Gasteiger partial charge in [-0.05, 0) is 25.0 Å². The predicted molar refractivity (Wildman–Crippen MR) is 134 cm³/mol. The number of carbonyl (C=O) groups is 1. The van der Waals surface area contributed by atoms with Crippen LogP contribution in [-0.2, 0) is 16.3 Å². The Morgan fingerprint density at radius 1 is 1.20 bits per heavy atom. The van der Waals surface area contributed by atoms with Crippen molar-refractivity contribution in [2.24, 2.45) is 5.92 Å². The lowest BCUT2D eigenvalue weighted by atomic mass is 10.1. The molecule has 1 aliphatic rings. The van der Waals surface area contributed by atoms with Gasteiger partial charge in [0.15, 0.2) is 0 Å². The average Bonchev–Trinajstić information content (AvgIpc) is 3.49. The Morgan fingerprint density at radius 2 is 1.86 bits per heavy atom. The van der Waals surface area contributed by atoms with E-state index in [1.54, 1.807) is 26.5 Å². The van der Waals surface area contributed by atoms with Gasteiger partial charge < -0.3 is 24.1 Å². The van der Waals surface area contributed by atoms with Crippen molar-refractivity contribution in [3.63, 3.8) is 0 Å². The molecule has 0 aromatic carbocycles. The van der Waals surface area contributed by atoms with Crippen LogP contribution in [0.3, 0.4) is 0 Å². The number of pyridine rings is 1. The molecule has 9 nitrogen and oxygen atoms in total. The number of aryl methyl sites for hydroxylation is 1. The largest absolute Gasteiger partial charge is 0.480 e. The molecule has 0 radical (unpaired) electrons. The van der Waals surface area contributed by atoms with Gasteiger partial charge in [-0.3, -0.25) is 4.79 Å². The Kier molecular flexibility index (Phi) is 7.09. The summed E-state index contributed by atoms with van der Waals surface area (Å²) < 4.78 is 32.6. The van der Waals surface area contributed by atoms with Crippen molar-refractivity contribution >= 4 is 30.7 Å². The Hall–Kier alpha value is -3.05. The number of halogens is 1. The fourth-order valence-corrected chi connectivity index (χ4v) is 4.74. The molecule has 1 N–H and O–H groups in total. The number of anilines is 1. The lowest BCUT2D eigenvalue weighted by molar-refractivity contribution is -0.117. The minimum atomic E-state index is -1.27. The monoisotopic (exact) mass is 501 g/mol. The molecule has 3 heterocycles. The van der Waals surface area contributed by atoms with Gasteiger partial charge in [-0.25, -0.2) is 19.3 Å². The number of aromatic nitrogens is 4. The van der Waals surface area contributed by atoms with E-state index in [0.717, 1.165) is 28.2 Å². The molecule has 0 bridgehead atoms. The second-order valence-electron chi connectivity index (χ2n) is 9.95. The second-order valence-corrected chi connectivity index (χ2v) is 15.6. The van der Waals surface area contributed by atoms with Crippen LogP contribution in [-0.4, -0.2) is 60.5 Å². The van der Waals surface area contributed by atoms with Crippen LogP contribution >= 0.6 is 0 Å². The number of amides is 1. The molecule has 4 rings (SSSR count). The molecular formula is C24H32FN5O4Si. The molecule has 3 aromatic heterocycles. The van der Waals surface area contributed by atoms with E-state index in [4.69, 9.17) is 14.2 Å². The maximum absolute atomic E-state index is 13.4. The number of rotatable bonds is 10. The molecule has 0 aliphatic heterocycles. The summed E-state index contributed by atoms with van der Waals surface area (Å²) in [5.41, 5.74) is 3.09. The SMILES string of the molecule is COc1ncnc(OC)c1-c1c(C)c2cnc(NC(=O)C3CC3F)cc2n1COCC[Si](C)(C)C. The minimum Gasteiger partial charge on any atom is -0.480 e. The van der Waals surface area contributed by atoms with E-state index in [1.807, 2.05) is 11.5 Å². The smallest absolute Gasteiger partial charge is 0.231 e. The first-order valence-electron chi connectivity index (χ1n) is 11.6. The van der Waals surface area contributed by atoms with Gasteiger partial charge in [0.05, 0.1) is 31.3 Å². The number of fused-ring (bicyclic) bond motifs is 1. The highest BCUT2D eigenvalue weighted by atomic mass is 28.3. The lowest BCUT2D eigenvalue weighted by Gasteiger charge is -2.18. The Bertz CT molecular complexity index is 1220. The highest BCUT2D eigenvalue weighted by Gasteiger charge is 2.43. The fourth-order valence-electron chi connectivity index (χ4n) is 3.99. The molecule has 2 atom stereocenters. The first kappa shape index (κ1) is 25.1. The van der Waals surface area contributed by atoms with Crippen molar-refractivity contribution in [2.75, 3.05) is 26.1 Å². The van der Waals surface area contributed by atoms with Gasteiger partial charge in [-0.2, -0.15) is 0 Å². The van der Waals surface area contributed by atoms with Gasteiger partial charge in [-0.1, -0.05) is 19.6 Å². The Balaban J connectivity index is 1.80. The number of alkyl halides is 1. The zero-order chi connectivity index (χ0) is 25.3. The van der Waals surface area contributed by atoms with Gasteiger partial charge in [0.1, 0.15) is 30.6 Å². The average molecular weight is 502 g/mol. The molecule has 0 spiro atoms. The van der Waals surface area contributed by atoms with E-state index in [-0.39, 0.29) is 19.1 Å². The molecule has 0 saturated heterocycles. The van der Waals surface area contributed by atoms with E-state index < -0.39 is 20.2 Å². The van der Waals surface area contributed by atoms with Crippen molar-refractivity contribution in [3.05, 3.63) is 24.2 Å². The molecule has 2 unspecified atom stereocenters. The quantitative estimate of drug-likeness (QED) is 0.324. The van der Waals surface area contributed by atoms with Crippen LogP contribution in [0.4, 0.5) is 10.2 Å². The van der Waals surface area contributed by atoms with Gasteiger partial charge in [0, 0.05) is 32.3 Å². The van der Waals surface area contributed by atoms with E-state index >= 15 is 0 Å². The second kappa shape index (κ2) is 9.90. The summed E-state index contributed by atoms with van der Waals surface area (Å²) in [6.07, 6.45) is 2.27. The molecule has 35 heavy (non-hydrogen) atoms. The van der Waals surface area contributed by atoms with Crippen LogP contribution in [0.25, 0.3) is 22.2 Å². The summed E-state index contributed by atoms with van der Waals surface area (Å²) in [5, 5.41) is 3.61. The number of nitrogens with one attached hydrogen (secondary N) is 1. The van der Waals surface area contributed by atoms with E-state index in [1.165, 1.54) is 6.33 Å². The van der Waals surface area contributed by atoms with Gasteiger partial charge >= 0.3 is 0 Å². The van der Waals surface area contributed by atoms with Crippen molar-refractivity contribution in [1.82, 2.24) is 19.5 Å². The van der Waals surface area contributed by atoms with Crippen molar-refractivity contribution < 1.29 is 23.4 Å². The van der Waals surface area contributed by atoms with Crippen LogP contribution in [0.5, 0.6) is 11.8 Å². The predicted octanol–water partition coefficient (Wildman–Crippen LogP) is 4.43. The Labute approximate surface area is 205 Å². The van der Waals surface area contributed by atoms with Gasteiger partial charge in [0.25, 0.3) is 0 Å². The molecule has 1 amide bonds. The zero-order valence-corrected chi connectivity index (χ0v) is 22.0. The van der Waals surface area contributed by atoms with Crippen LogP contribution in [0, 0.1) is 12.8 Å². The zero-order valence-electron chi connectivity index (χ0n) is 21.0. The summed E-state index contributed by atoms with van der Waals surface area (Å²) >= 11 is 0. The maximum atomic E-state index is 13.4. The number of methoxy groups -OCH3 is 2. The van der Waals surface area contributed by atoms with E-state index in [0.29, 0.717) is 29.7 Å². The summed E-state index contributed by atoms with van der Waals surface area (Å²) in [7, 11) is 1.82. The highest BCUT2D eigenvalue weighted by Crippen LogP contribution is 2.42. The van der Waals surface area contributed by atoms with Gasteiger partial charge in [0.2, 0.25) is 17.7 Å². The Morgan fingerprint density at radius 3 is 2.43 bits per heavy atom. The molecule has 1 fully saturated rings. The minimum absolute atomic E-state index is 0.256. The molecule has 1 aliphatic carbocycles. The molecule has 11 heteroatoms. The standard InChI is InChI=1S/C24H32FN5O4Si/c1-14-16-11-26-19(29-22(31)15-9-17(15)25)10-18(16)30(13-34-7-8-35(4,5)6)21(14)20-23(32-2)27-12-28-24(20)33-3/h10-12,15,17H,7-9,13H2,1-6H3,(H,26,29,31). The first-order valence-corrected chi connectivity index (χ1v) is 15.3. The molecule has 188 valence electrons. The van der Waals surface area contributed by atoms with Gasteiger partial charge in [-0.15, -0.1) is 0 Å². The van der Waals surface area contributed by atoms with Crippen LogP contribution in [0.1, 0.15) is 12.0 Å². The van der Waals surface area contributed by atoms with Crippen LogP contribution in [0.2, 0.25) is 25.7 Å². The number of hydrogen-bond donors (Lipinski definition) is 1. The van der Waals surface area contributed by atoms with Crippen molar-refractivity contribution in [1.29, 1.82) is 0 Å². The number of ether oxygens (including phenoxy) is 3. The summed E-state index contributed by atoms with van der Waals surface area (Å²) in [6.45, 7) is 9.77. The van der Waals surface area contributed by atoms with Crippen LogP contribution < -0.4 is 14.8 Å². The topological polar surface area (TPSA) is 100 Å². The summed E-state index contributed by atoms with van der Waals surface area (Å²) in [4.78, 5) is 25.3. The number of carbonyl (C=O) groups excluding carboxylic acids is 1. The first-order chi connectivity index (χ1) is 16.6. The third kappa shape index (κ3) is 5.30. The fraction of sp³-hybridized carbons (Fsp3) is 0.500.